The van der Waals surface area contributed by atoms with Crippen molar-refractivity contribution in [3.8, 4) is 0 Å². The van der Waals surface area contributed by atoms with Crippen LogP contribution in [0, 0.1) is 5.82 Å². The monoisotopic (exact) mass is 558 g/mol. The van der Waals surface area contributed by atoms with E-state index in [1.807, 2.05) is 0 Å². The topological polar surface area (TPSA) is 48.9 Å². The van der Waals surface area contributed by atoms with Gasteiger partial charge in [-0.3, -0.25) is 9.89 Å². The summed E-state index contributed by atoms with van der Waals surface area (Å²) in [7, 11) is 1.75. The minimum absolute atomic E-state index is 0. The smallest absolute Gasteiger partial charge is 0.191 e. The van der Waals surface area contributed by atoms with Crippen molar-refractivity contribution in [1.29, 1.82) is 0 Å². The average Bonchev–Trinajstić information content (AvgIpc) is 3.51. The number of benzene rings is 2. The molecular weight excluding hydrogens is 530 g/mol. The van der Waals surface area contributed by atoms with Crippen LogP contribution in [0.25, 0.3) is 0 Å². The molecule has 2 fully saturated rings. The van der Waals surface area contributed by atoms with E-state index in [2.05, 4.69) is 44.8 Å². The molecule has 0 bridgehead atoms. The molecule has 2 aromatic carbocycles. The van der Waals surface area contributed by atoms with E-state index in [4.69, 9.17) is 16.3 Å². The molecule has 1 aliphatic carbocycles. The molecule has 0 spiro atoms. The van der Waals surface area contributed by atoms with Gasteiger partial charge in [0.25, 0.3) is 0 Å². The molecule has 5 nitrogen and oxygen atoms in total. The normalized spacial score (nSPS) is 21.3. The summed E-state index contributed by atoms with van der Waals surface area (Å²) in [5.74, 6) is 0.554. The summed E-state index contributed by atoms with van der Waals surface area (Å²) in [4.78, 5) is 6.76. The lowest BCUT2D eigenvalue weighted by Crippen LogP contribution is -2.39. The van der Waals surface area contributed by atoms with Crippen LogP contribution in [0.5, 0.6) is 0 Å². The highest BCUT2D eigenvalue weighted by atomic mass is 127. The largest absolute Gasteiger partial charge is 0.379 e. The van der Waals surface area contributed by atoms with Crippen LogP contribution in [0.4, 0.5) is 4.39 Å². The van der Waals surface area contributed by atoms with Crippen LogP contribution < -0.4 is 10.6 Å². The third-order valence-electron chi connectivity index (χ3n) is 5.77. The summed E-state index contributed by atoms with van der Waals surface area (Å²) in [6.07, 6.45) is 0.842. The molecule has 0 amide bonds. The number of rotatable bonds is 6. The van der Waals surface area contributed by atoms with Crippen LogP contribution in [-0.4, -0.2) is 50.3 Å². The maximum atomic E-state index is 14.2. The first-order valence-corrected chi connectivity index (χ1v) is 10.8. The molecule has 1 saturated carbocycles. The fraction of sp³-hybridized carbons (Fsp3) is 0.435. The number of aliphatic imine (C=N–C) groups is 1. The summed E-state index contributed by atoms with van der Waals surface area (Å²) in [5, 5.41) is 7.30. The van der Waals surface area contributed by atoms with Crippen LogP contribution in [0.15, 0.2) is 47.5 Å². The zero-order chi connectivity index (χ0) is 20.9. The Kier molecular flexibility index (Phi) is 8.95. The Hall–Kier alpha value is -1.42. The van der Waals surface area contributed by atoms with Crippen LogP contribution in [0.2, 0.25) is 5.02 Å². The van der Waals surface area contributed by atoms with Gasteiger partial charge in [-0.05, 0) is 29.7 Å². The van der Waals surface area contributed by atoms with E-state index < -0.39 is 0 Å². The first kappa shape index (κ1) is 24.2. The summed E-state index contributed by atoms with van der Waals surface area (Å²) >= 11 is 6.21. The van der Waals surface area contributed by atoms with Gasteiger partial charge in [0.2, 0.25) is 0 Å². The van der Waals surface area contributed by atoms with E-state index >= 15 is 0 Å². The Balaban J connectivity index is 0.00000272. The van der Waals surface area contributed by atoms with Gasteiger partial charge in [-0.2, -0.15) is 0 Å². The Morgan fingerprint density at radius 3 is 2.61 bits per heavy atom. The summed E-state index contributed by atoms with van der Waals surface area (Å²) in [5.41, 5.74) is 3.16. The standard InChI is InChI=1S/C23H28ClFN4O.HI/c1-26-23(28-21-13-18(21)22-19(24)7-4-8-20(22)25)27-14-16-5-2-3-6-17(16)15-29-9-11-30-12-10-29;/h2-8,18,21H,9-15H2,1H3,(H2,26,27,28);1H. The molecule has 2 unspecified atom stereocenters. The quantitative estimate of drug-likeness (QED) is 0.318. The lowest BCUT2D eigenvalue weighted by atomic mass is 10.1. The van der Waals surface area contributed by atoms with Gasteiger partial charge in [0.15, 0.2) is 5.96 Å². The van der Waals surface area contributed by atoms with Crippen molar-refractivity contribution in [2.24, 2.45) is 4.99 Å². The van der Waals surface area contributed by atoms with E-state index in [1.54, 1.807) is 19.2 Å². The molecular formula is C23H29ClFIN4O. The third-order valence-corrected chi connectivity index (χ3v) is 6.10. The number of hydrogen-bond donors (Lipinski definition) is 2. The van der Waals surface area contributed by atoms with Gasteiger partial charge in [0.05, 0.1) is 13.2 Å². The van der Waals surface area contributed by atoms with Gasteiger partial charge in [-0.1, -0.05) is 41.9 Å². The van der Waals surface area contributed by atoms with E-state index in [9.17, 15) is 4.39 Å². The minimum Gasteiger partial charge on any atom is -0.379 e. The second-order valence-corrected chi connectivity index (χ2v) is 8.22. The number of nitrogens with one attached hydrogen (secondary N) is 2. The van der Waals surface area contributed by atoms with Crippen molar-refractivity contribution in [3.63, 3.8) is 0 Å². The molecule has 31 heavy (non-hydrogen) atoms. The lowest BCUT2D eigenvalue weighted by Gasteiger charge is -2.27. The van der Waals surface area contributed by atoms with Crippen molar-refractivity contribution < 1.29 is 9.13 Å². The number of morpholine rings is 1. The van der Waals surface area contributed by atoms with Crippen molar-refractivity contribution in [2.75, 3.05) is 33.4 Å². The molecule has 2 aromatic rings. The van der Waals surface area contributed by atoms with Crippen LogP contribution >= 0.6 is 35.6 Å². The van der Waals surface area contributed by atoms with E-state index in [-0.39, 0.29) is 41.8 Å². The minimum atomic E-state index is -0.239. The highest BCUT2D eigenvalue weighted by Gasteiger charge is 2.41. The van der Waals surface area contributed by atoms with Crippen LogP contribution in [0.1, 0.15) is 29.0 Å². The van der Waals surface area contributed by atoms with Crippen molar-refractivity contribution in [3.05, 3.63) is 70.0 Å². The van der Waals surface area contributed by atoms with Gasteiger partial charge in [-0.25, -0.2) is 4.39 Å². The van der Waals surface area contributed by atoms with Gasteiger partial charge in [0, 0.05) is 55.8 Å². The van der Waals surface area contributed by atoms with Gasteiger partial charge in [0.1, 0.15) is 5.82 Å². The molecule has 4 rings (SSSR count). The maximum absolute atomic E-state index is 14.2. The van der Waals surface area contributed by atoms with Gasteiger partial charge in [-0.15, -0.1) is 24.0 Å². The third kappa shape index (κ3) is 6.31. The number of hydrogen-bond acceptors (Lipinski definition) is 3. The first-order chi connectivity index (χ1) is 14.7. The lowest BCUT2D eigenvalue weighted by molar-refractivity contribution is 0.0341. The molecule has 2 aliphatic rings. The van der Waals surface area contributed by atoms with Crippen LogP contribution in [0.3, 0.4) is 0 Å². The number of guanidine groups is 1. The first-order valence-electron chi connectivity index (χ1n) is 10.4. The molecule has 0 aromatic heterocycles. The van der Waals surface area contributed by atoms with Gasteiger partial charge < -0.3 is 15.4 Å². The number of halogens is 3. The van der Waals surface area contributed by atoms with Crippen molar-refractivity contribution in [1.82, 2.24) is 15.5 Å². The molecule has 2 N–H and O–H groups in total. The Labute approximate surface area is 205 Å². The predicted octanol–water partition coefficient (Wildman–Crippen LogP) is 4.15. The highest BCUT2D eigenvalue weighted by Crippen LogP contribution is 2.44. The molecule has 1 aliphatic heterocycles. The molecule has 0 radical (unpaired) electrons. The zero-order valence-corrected chi connectivity index (χ0v) is 20.7. The Morgan fingerprint density at radius 1 is 1.16 bits per heavy atom. The molecule has 2 atom stereocenters. The molecule has 168 valence electrons. The van der Waals surface area contributed by atoms with Crippen molar-refractivity contribution >= 4 is 41.5 Å². The highest BCUT2D eigenvalue weighted by molar-refractivity contribution is 14.0. The summed E-state index contributed by atoms with van der Waals surface area (Å²) in [6.45, 7) is 5.12. The van der Waals surface area contributed by atoms with Gasteiger partial charge >= 0.3 is 0 Å². The van der Waals surface area contributed by atoms with E-state index in [0.29, 0.717) is 17.1 Å². The molecule has 1 heterocycles. The maximum Gasteiger partial charge on any atom is 0.191 e. The van der Waals surface area contributed by atoms with Crippen molar-refractivity contribution in [2.45, 2.75) is 31.5 Å². The van der Waals surface area contributed by atoms with Crippen LogP contribution in [-0.2, 0) is 17.8 Å². The average molecular weight is 559 g/mol. The Bertz CT molecular complexity index is 887. The molecule has 8 heteroatoms. The van der Waals surface area contributed by atoms with E-state index in [1.165, 1.54) is 17.2 Å². The predicted molar refractivity (Wildman–Crippen MR) is 134 cm³/mol. The summed E-state index contributed by atoms with van der Waals surface area (Å²) < 4.78 is 19.6. The molecule has 1 saturated heterocycles. The Morgan fingerprint density at radius 2 is 1.90 bits per heavy atom. The number of nitrogens with zero attached hydrogens (tertiary/aromatic N) is 2. The zero-order valence-electron chi connectivity index (χ0n) is 17.6. The second kappa shape index (κ2) is 11.4. The summed E-state index contributed by atoms with van der Waals surface area (Å²) in [6, 6.07) is 13.5. The second-order valence-electron chi connectivity index (χ2n) is 7.81. The SMILES string of the molecule is CN=C(NCc1ccccc1CN1CCOCC1)NC1CC1c1c(F)cccc1Cl.I. The fourth-order valence-electron chi connectivity index (χ4n) is 3.97. The fourth-order valence-corrected chi connectivity index (χ4v) is 4.28. The van der Waals surface area contributed by atoms with E-state index in [0.717, 1.165) is 45.2 Å². The number of ether oxygens (including phenoxy) is 1.